The van der Waals surface area contributed by atoms with Crippen LogP contribution in [0, 0.1) is 0 Å². The van der Waals surface area contributed by atoms with Crippen LogP contribution in [0.15, 0.2) is 36.5 Å². The second-order valence-corrected chi connectivity index (χ2v) is 7.35. The van der Waals surface area contributed by atoms with Gasteiger partial charge >= 0.3 is 0 Å². The van der Waals surface area contributed by atoms with Gasteiger partial charge in [0.05, 0.1) is 11.6 Å². The van der Waals surface area contributed by atoms with E-state index < -0.39 is 0 Å². The van der Waals surface area contributed by atoms with Gasteiger partial charge in [-0.25, -0.2) is 0 Å². The first-order valence-electron chi connectivity index (χ1n) is 9.47. The number of fused-ring (bicyclic) bond motifs is 1. The summed E-state index contributed by atoms with van der Waals surface area (Å²) in [6.45, 7) is 6.69. The molecule has 0 amide bonds. The van der Waals surface area contributed by atoms with Crippen molar-refractivity contribution in [3.8, 4) is 0 Å². The first kappa shape index (κ1) is 16.9. The summed E-state index contributed by atoms with van der Waals surface area (Å²) in [5.41, 5.74) is 2.35. The van der Waals surface area contributed by atoms with Gasteiger partial charge in [-0.3, -0.25) is 14.8 Å². The quantitative estimate of drug-likeness (QED) is 0.886. The van der Waals surface area contributed by atoms with E-state index in [2.05, 4.69) is 44.4 Å². The molecule has 3 heterocycles. The predicted molar refractivity (Wildman–Crippen MR) is 100 cm³/mol. The summed E-state index contributed by atoms with van der Waals surface area (Å²) in [7, 11) is 0. The molecule has 1 atom stereocenters. The molecule has 134 valence electrons. The minimum Gasteiger partial charge on any atom is -0.390 e. The Hall–Kier alpha value is -1.53. The van der Waals surface area contributed by atoms with Crippen LogP contribution in [0.2, 0.25) is 0 Å². The average molecular weight is 340 g/mol. The maximum atomic E-state index is 10.5. The van der Waals surface area contributed by atoms with Crippen molar-refractivity contribution in [1.82, 2.24) is 20.1 Å². The van der Waals surface area contributed by atoms with Crippen LogP contribution in [0.5, 0.6) is 0 Å². The molecule has 1 unspecified atom stereocenters. The SMILES string of the molecule is OC1CN(Cc2cccc3ncccc23)CCN(C2CCNCC2)C1. The Morgan fingerprint density at radius 3 is 2.84 bits per heavy atom. The largest absolute Gasteiger partial charge is 0.390 e. The number of aliphatic hydroxyl groups is 1. The fourth-order valence-corrected chi connectivity index (χ4v) is 4.27. The predicted octanol–water partition coefficient (Wildman–Crippen LogP) is 1.47. The maximum absolute atomic E-state index is 10.5. The number of hydrogen-bond acceptors (Lipinski definition) is 5. The van der Waals surface area contributed by atoms with Crippen molar-refractivity contribution in [2.24, 2.45) is 0 Å². The summed E-state index contributed by atoms with van der Waals surface area (Å²) in [5, 5.41) is 15.2. The second-order valence-electron chi connectivity index (χ2n) is 7.35. The first-order chi connectivity index (χ1) is 12.3. The molecule has 2 fully saturated rings. The number of hydrogen-bond donors (Lipinski definition) is 2. The lowest BCUT2D eigenvalue weighted by Gasteiger charge is -2.34. The molecular formula is C20H28N4O. The molecule has 2 N–H and O–H groups in total. The lowest BCUT2D eigenvalue weighted by Crippen LogP contribution is -2.46. The zero-order valence-electron chi connectivity index (χ0n) is 14.8. The fraction of sp³-hybridized carbons (Fsp3) is 0.550. The summed E-state index contributed by atoms with van der Waals surface area (Å²) in [6, 6.07) is 11.1. The Kier molecular flexibility index (Phi) is 5.27. The molecular weight excluding hydrogens is 312 g/mol. The molecule has 1 aromatic heterocycles. The lowest BCUT2D eigenvalue weighted by molar-refractivity contribution is 0.0854. The van der Waals surface area contributed by atoms with Crippen LogP contribution >= 0.6 is 0 Å². The van der Waals surface area contributed by atoms with Crippen LogP contribution < -0.4 is 5.32 Å². The highest BCUT2D eigenvalue weighted by atomic mass is 16.3. The van der Waals surface area contributed by atoms with E-state index in [-0.39, 0.29) is 6.10 Å². The van der Waals surface area contributed by atoms with Crippen LogP contribution in [0.25, 0.3) is 10.9 Å². The molecule has 0 bridgehead atoms. The highest BCUT2D eigenvalue weighted by Gasteiger charge is 2.27. The van der Waals surface area contributed by atoms with Crippen molar-refractivity contribution in [2.75, 3.05) is 39.3 Å². The van der Waals surface area contributed by atoms with Gasteiger partial charge in [-0.05, 0) is 43.6 Å². The number of aliphatic hydroxyl groups excluding tert-OH is 1. The van der Waals surface area contributed by atoms with Crippen molar-refractivity contribution >= 4 is 10.9 Å². The van der Waals surface area contributed by atoms with Gasteiger partial charge in [0.1, 0.15) is 0 Å². The normalized spacial score (nSPS) is 24.4. The van der Waals surface area contributed by atoms with E-state index in [4.69, 9.17) is 0 Å². The standard InChI is InChI=1S/C20H28N4O/c25-18-14-23(11-12-24(15-18)17-6-9-21-10-7-17)13-16-3-1-5-20-19(16)4-2-8-22-20/h1-5,8,17-18,21,25H,6-7,9-15H2. The molecule has 1 aromatic carbocycles. The summed E-state index contributed by atoms with van der Waals surface area (Å²) in [5.74, 6) is 0. The summed E-state index contributed by atoms with van der Waals surface area (Å²) < 4.78 is 0. The third-order valence-electron chi connectivity index (χ3n) is 5.57. The van der Waals surface area contributed by atoms with E-state index in [1.807, 2.05) is 12.3 Å². The number of aromatic nitrogens is 1. The van der Waals surface area contributed by atoms with Crippen molar-refractivity contribution in [2.45, 2.75) is 31.5 Å². The zero-order valence-corrected chi connectivity index (χ0v) is 14.8. The van der Waals surface area contributed by atoms with Crippen LogP contribution in [-0.4, -0.2) is 71.3 Å². The third kappa shape index (κ3) is 4.01. The minimum atomic E-state index is -0.273. The highest BCUT2D eigenvalue weighted by molar-refractivity contribution is 5.81. The average Bonchev–Trinajstić information content (AvgIpc) is 2.84. The monoisotopic (exact) mass is 340 g/mol. The molecule has 4 rings (SSSR count). The number of benzene rings is 1. The van der Waals surface area contributed by atoms with Crippen LogP contribution in [0.1, 0.15) is 18.4 Å². The number of nitrogens with zero attached hydrogens (tertiary/aromatic N) is 3. The number of pyridine rings is 1. The van der Waals surface area contributed by atoms with Crippen molar-refractivity contribution in [3.05, 3.63) is 42.1 Å². The summed E-state index contributed by atoms with van der Waals surface area (Å²) in [4.78, 5) is 9.37. The molecule has 2 aliphatic heterocycles. The molecule has 0 saturated carbocycles. The van der Waals surface area contributed by atoms with Gasteiger partial charge in [-0.15, -0.1) is 0 Å². The fourth-order valence-electron chi connectivity index (χ4n) is 4.27. The third-order valence-corrected chi connectivity index (χ3v) is 5.57. The van der Waals surface area contributed by atoms with Gasteiger partial charge in [-0.2, -0.15) is 0 Å². The van der Waals surface area contributed by atoms with E-state index in [0.29, 0.717) is 6.04 Å². The number of β-amino-alcohol motifs (C(OH)–C–C–N with tert-alkyl or cyclic N) is 1. The molecule has 5 nitrogen and oxygen atoms in total. The first-order valence-corrected chi connectivity index (χ1v) is 9.47. The van der Waals surface area contributed by atoms with E-state index in [9.17, 15) is 5.11 Å². The Balaban J connectivity index is 1.46. The molecule has 0 spiro atoms. The highest BCUT2D eigenvalue weighted by Crippen LogP contribution is 2.20. The van der Waals surface area contributed by atoms with Gasteiger partial charge < -0.3 is 10.4 Å². The summed E-state index contributed by atoms with van der Waals surface area (Å²) in [6.07, 6.45) is 3.97. The van der Waals surface area contributed by atoms with Crippen LogP contribution in [0.4, 0.5) is 0 Å². The van der Waals surface area contributed by atoms with Crippen molar-refractivity contribution < 1.29 is 5.11 Å². The lowest BCUT2D eigenvalue weighted by atomic mass is 10.0. The number of piperidine rings is 1. The van der Waals surface area contributed by atoms with E-state index in [0.717, 1.165) is 51.3 Å². The Morgan fingerprint density at radius 1 is 1.08 bits per heavy atom. The number of rotatable bonds is 3. The maximum Gasteiger partial charge on any atom is 0.0794 e. The van der Waals surface area contributed by atoms with Gasteiger partial charge in [0.2, 0.25) is 0 Å². The topological polar surface area (TPSA) is 51.6 Å². The van der Waals surface area contributed by atoms with Gasteiger partial charge in [0.25, 0.3) is 0 Å². The van der Waals surface area contributed by atoms with Crippen LogP contribution in [-0.2, 0) is 6.54 Å². The summed E-state index contributed by atoms with van der Waals surface area (Å²) >= 11 is 0. The van der Waals surface area contributed by atoms with Gasteiger partial charge in [0.15, 0.2) is 0 Å². The molecule has 2 aliphatic rings. The smallest absolute Gasteiger partial charge is 0.0794 e. The van der Waals surface area contributed by atoms with Gasteiger partial charge in [0, 0.05) is 50.3 Å². The van der Waals surface area contributed by atoms with Crippen molar-refractivity contribution in [1.29, 1.82) is 0 Å². The molecule has 2 saturated heterocycles. The van der Waals surface area contributed by atoms with E-state index >= 15 is 0 Å². The van der Waals surface area contributed by atoms with E-state index in [1.165, 1.54) is 23.8 Å². The molecule has 0 aliphatic carbocycles. The van der Waals surface area contributed by atoms with Crippen LogP contribution in [0.3, 0.4) is 0 Å². The van der Waals surface area contributed by atoms with Crippen molar-refractivity contribution in [3.63, 3.8) is 0 Å². The Morgan fingerprint density at radius 2 is 1.96 bits per heavy atom. The minimum absolute atomic E-state index is 0.273. The molecule has 2 aromatic rings. The van der Waals surface area contributed by atoms with E-state index in [1.54, 1.807) is 0 Å². The Bertz CT molecular complexity index is 696. The molecule has 25 heavy (non-hydrogen) atoms. The zero-order chi connectivity index (χ0) is 17.1. The Labute approximate surface area is 149 Å². The molecule has 0 radical (unpaired) electrons. The van der Waals surface area contributed by atoms with Gasteiger partial charge in [-0.1, -0.05) is 18.2 Å². The number of nitrogens with one attached hydrogen (secondary N) is 1. The second kappa shape index (κ2) is 7.79. The molecule has 5 heteroatoms.